The second-order valence-corrected chi connectivity index (χ2v) is 8.20. The Kier molecular flexibility index (Phi) is 4.89. The molecule has 0 fully saturated rings. The molecule has 4 nitrogen and oxygen atoms in total. The number of benzene rings is 2. The van der Waals surface area contributed by atoms with Gasteiger partial charge < -0.3 is 9.88 Å². The number of rotatable bonds is 4. The van der Waals surface area contributed by atoms with Crippen molar-refractivity contribution in [2.45, 2.75) is 32.4 Å². The van der Waals surface area contributed by atoms with Crippen LogP contribution >= 0.6 is 11.6 Å². The van der Waals surface area contributed by atoms with Crippen LogP contribution in [0.5, 0.6) is 0 Å². The van der Waals surface area contributed by atoms with Gasteiger partial charge in [-0.1, -0.05) is 35.9 Å². The molecule has 146 valence electrons. The van der Waals surface area contributed by atoms with E-state index in [2.05, 4.69) is 22.4 Å². The highest BCUT2D eigenvalue weighted by molar-refractivity contribution is 6.31. The molecule has 0 unspecified atom stereocenters. The van der Waals surface area contributed by atoms with E-state index in [0.29, 0.717) is 18.1 Å². The summed E-state index contributed by atoms with van der Waals surface area (Å²) in [5.74, 6) is -0.328. The van der Waals surface area contributed by atoms with Gasteiger partial charge in [0.2, 0.25) is 5.91 Å². The summed E-state index contributed by atoms with van der Waals surface area (Å²) in [6.45, 7) is 5.37. The zero-order valence-corrected chi connectivity index (χ0v) is 16.7. The summed E-state index contributed by atoms with van der Waals surface area (Å²) in [6, 6.07) is 12.5. The first kappa shape index (κ1) is 19.0. The van der Waals surface area contributed by atoms with Crippen LogP contribution in [-0.4, -0.2) is 28.9 Å². The normalized spacial score (nSPS) is 14.4. The summed E-state index contributed by atoms with van der Waals surface area (Å²) in [7, 11) is 0. The van der Waals surface area contributed by atoms with E-state index in [1.807, 2.05) is 30.9 Å². The van der Waals surface area contributed by atoms with Crippen LogP contribution in [0.4, 0.5) is 4.39 Å². The Morgan fingerprint density at radius 3 is 2.86 bits per heavy atom. The third-order valence-corrected chi connectivity index (χ3v) is 5.83. The molecule has 6 heteroatoms. The standard InChI is InChI=1S/C22H23ClFN3O/c1-22(2,17-8-7-14(24)11-18(17)23)25-12-21(28)27-10-9-20-16(13-27)15-5-3-4-6-19(15)26-20/h3-8,11,25-26H,9-10,12-13H2,1-2H3. The molecule has 0 radical (unpaired) electrons. The van der Waals surface area contributed by atoms with Gasteiger partial charge in [0.25, 0.3) is 0 Å². The summed E-state index contributed by atoms with van der Waals surface area (Å²) in [6.07, 6.45) is 0.822. The molecule has 0 bridgehead atoms. The predicted molar refractivity (Wildman–Crippen MR) is 110 cm³/mol. The first-order valence-electron chi connectivity index (χ1n) is 9.42. The maximum absolute atomic E-state index is 13.3. The van der Waals surface area contributed by atoms with Gasteiger partial charge in [-0.25, -0.2) is 4.39 Å². The summed E-state index contributed by atoms with van der Waals surface area (Å²) in [5, 5.41) is 4.82. The molecule has 3 aromatic rings. The lowest BCUT2D eigenvalue weighted by molar-refractivity contribution is -0.131. The molecule has 28 heavy (non-hydrogen) atoms. The quantitative estimate of drug-likeness (QED) is 0.684. The van der Waals surface area contributed by atoms with E-state index in [9.17, 15) is 9.18 Å². The number of hydrogen-bond acceptors (Lipinski definition) is 2. The Balaban J connectivity index is 1.45. The van der Waals surface area contributed by atoms with Gasteiger partial charge >= 0.3 is 0 Å². The highest BCUT2D eigenvalue weighted by Crippen LogP contribution is 2.29. The molecule has 0 spiro atoms. The van der Waals surface area contributed by atoms with Crippen molar-refractivity contribution in [3.05, 3.63) is 70.1 Å². The Bertz CT molecular complexity index is 1040. The fourth-order valence-electron chi connectivity index (χ4n) is 3.88. The van der Waals surface area contributed by atoms with E-state index in [0.717, 1.165) is 17.5 Å². The lowest BCUT2D eigenvalue weighted by atomic mass is 9.94. The molecule has 1 aliphatic heterocycles. The fourth-order valence-corrected chi connectivity index (χ4v) is 4.28. The van der Waals surface area contributed by atoms with Gasteiger partial charge in [-0.15, -0.1) is 0 Å². The second kappa shape index (κ2) is 7.22. The van der Waals surface area contributed by atoms with E-state index in [-0.39, 0.29) is 18.3 Å². The zero-order chi connectivity index (χ0) is 19.9. The van der Waals surface area contributed by atoms with Crippen molar-refractivity contribution in [1.29, 1.82) is 0 Å². The highest BCUT2D eigenvalue weighted by atomic mass is 35.5. The van der Waals surface area contributed by atoms with Crippen molar-refractivity contribution in [3.63, 3.8) is 0 Å². The molecule has 2 N–H and O–H groups in total. The largest absolute Gasteiger partial charge is 0.358 e. The molecule has 1 amide bonds. The number of amides is 1. The average molecular weight is 400 g/mol. The molecule has 0 saturated carbocycles. The number of carbonyl (C=O) groups excluding carboxylic acids is 1. The molecule has 2 aromatic carbocycles. The van der Waals surface area contributed by atoms with Crippen LogP contribution in [0, 0.1) is 5.82 Å². The Morgan fingerprint density at radius 1 is 1.29 bits per heavy atom. The fraction of sp³-hybridized carbons (Fsp3) is 0.318. The molecule has 4 rings (SSSR count). The minimum Gasteiger partial charge on any atom is -0.358 e. The number of fused-ring (bicyclic) bond motifs is 3. The van der Waals surface area contributed by atoms with E-state index in [4.69, 9.17) is 11.6 Å². The first-order valence-corrected chi connectivity index (χ1v) is 9.80. The average Bonchev–Trinajstić information content (AvgIpc) is 3.03. The Hall–Kier alpha value is -2.37. The summed E-state index contributed by atoms with van der Waals surface area (Å²) >= 11 is 6.20. The number of nitrogens with zero attached hydrogens (tertiary/aromatic N) is 1. The van der Waals surface area contributed by atoms with Gasteiger partial charge in [-0.05, 0) is 37.6 Å². The van der Waals surface area contributed by atoms with Crippen LogP contribution in [0.3, 0.4) is 0 Å². The van der Waals surface area contributed by atoms with Crippen LogP contribution in [0.1, 0.15) is 30.7 Å². The number of aromatic amines is 1. The third-order valence-electron chi connectivity index (χ3n) is 5.52. The van der Waals surface area contributed by atoms with Gasteiger partial charge in [-0.3, -0.25) is 10.1 Å². The van der Waals surface area contributed by atoms with Crippen molar-refractivity contribution in [1.82, 2.24) is 15.2 Å². The lowest BCUT2D eigenvalue weighted by Crippen LogP contribution is -2.46. The third kappa shape index (κ3) is 3.52. The van der Waals surface area contributed by atoms with E-state index in [1.54, 1.807) is 6.07 Å². The summed E-state index contributed by atoms with van der Waals surface area (Å²) in [5.41, 5.74) is 3.75. The van der Waals surface area contributed by atoms with Crippen LogP contribution < -0.4 is 5.32 Å². The van der Waals surface area contributed by atoms with Crippen molar-refractivity contribution in [3.8, 4) is 0 Å². The van der Waals surface area contributed by atoms with Gasteiger partial charge in [0.15, 0.2) is 0 Å². The minimum atomic E-state index is -0.553. The number of nitrogens with one attached hydrogen (secondary N) is 2. The summed E-state index contributed by atoms with van der Waals surface area (Å²) < 4.78 is 13.3. The number of H-pyrrole nitrogens is 1. The first-order chi connectivity index (χ1) is 13.3. The van der Waals surface area contributed by atoms with Crippen molar-refractivity contribution in [2.24, 2.45) is 0 Å². The minimum absolute atomic E-state index is 0.0437. The maximum atomic E-state index is 13.3. The van der Waals surface area contributed by atoms with Crippen LogP contribution in [0.25, 0.3) is 10.9 Å². The van der Waals surface area contributed by atoms with E-state index in [1.165, 1.54) is 28.8 Å². The van der Waals surface area contributed by atoms with Crippen LogP contribution in [0.2, 0.25) is 5.02 Å². The number of hydrogen-bond donors (Lipinski definition) is 2. The SMILES string of the molecule is CC(C)(NCC(=O)N1CCc2[nH]c3ccccc3c2C1)c1ccc(F)cc1Cl. The Labute approximate surface area is 168 Å². The van der Waals surface area contributed by atoms with Gasteiger partial charge in [0, 0.05) is 52.2 Å². The van der Waals surface area contributed by atoms with E-state index >= 15 is 0 Å². The topological polar surface area (TPSA) is 48.1 Å². The number of carbonyl (C=O) groups is 1. The molecule has 0 atom stereocenters. The smallest absolute Gasteiger partial charge is 0.236 e. The van der Waals surface area contributed by atoms with Crippen molar-refractivity contribution >= 4 is 28.4 Å². The zero-order valence-electron chi connectivity index (χ0n) is 16.0. The van der Waals surface area contributed by atoms with Gasteiger partial charge in [0.1, 0.15) is 5.82 Å². The summed E-state index contributed by atoms with van der Waals surface area (Å²) in [4.78, 5) is 18.2. The van der Waals surface area contributed by atoms with Crippen LogP contribution in [-0.2, 0) is 23.3 Å². The van der Waals surface area contributed by atoms with Crippen molar-refractivity contribution in [2.75, 3.05) is 13.1 Å². The number of halogens is 2. The second-order valence-electron chi connectivity index (χ2n) is 7.80. The van der Waals surface area contributed by atoms with Crippen LogP contribution in [0.15, 0.2) is 42.5 Å². The highest BCUT2D eigenvalue weighted by Gasteiger charge is 2.27. The molecule has 0 saturated heterocycles. The molecule has 0 aliphatic carbocycles. The molecular formula is C22H23ClFN3O. The predicted octanol–water partition coefficient (Wildman–Crippen LogP) is 4.37. The lowest BCUT2D eigenvalue weighted by Gasteiger charge is -2.31. The number of aromatic nitrogens is 1. The van der Waals surface area contributed by atoms with Crippen molar-refractivity contribution < 1.29 is 9.18 Å². The monoisotopic (exact) mass is 399 g/mol. The molecular weight excluding hydrogens is 377 g/mol. The Morgan fingerprint density at radius 2 is 2.07 bits per heavy atom. The van der Waals surface area contributed by atoms with Gasteiger partial charge in [-0.2, -0.15) is 0 Å². The molecule has 1 aromatic heterocycles. The van der Waals surface area contributed by atoms with Gasteiger partial charge in [0.05, 0.1) is 6.54 Å². The maximum Gasteiger partial charge on any atom is 0.236 e. The van der Waals surface area contributed by atoms with E-state index < -0.39 is 5.54 Å². The molecule has 1 aliphatic rings. The number of para-hydroxylation sites is 1. The molecule has 2 heterocycles.